The number of anilines is 2. The number of hydrogen-bond acceptors (Lipinski definition) is 8. The van der Waals surface area contributed by atoms with Gasteiger partial charge in [-0.3, -0.25) is 29.8 Å². The fourth-order valence-electron chi connectivity index (χ4n) is 3.76. The van der Waals surface area contributed by atoms with Gasteiger partial charge in [-0.25, -0.2) is 9.69 Å². The van der Waals surface area contributed by atoms with Crippen molar-refractivity contribution in [2.24, 2.45) is 0 Å². The highest BCUT2D eigenvalue weighted by Gasteiger charge is 2.37. The highest BCUT2D eigenvalue weighted by molar-refractivity contribution is 6.42. The molecule has 1 aliphatic heterocycles. The molecule has 3 aromatic rings. The number of non-ortho nitro benzene ring substituents is 1. The van der Waals surface area contributed by atoms with Crippen LogP contribution < -0.4 is 25.0 Å². The molecule has 0 aliphatic carbocycles. The first-order valence-electron chi connectivity index (χ1n) is 12.0. The van der Waals surface area contributed by atoms with Crippen LogP contribution in [0.15, 0.2) is 60.2 Å². The number of urea groups is 1. The van der Waals surface area contributed by atoms with Crippen LogP contribution in [0.2, 0.25) is 15.1 Å². The Hall–Kier alpha value is -4.65. The number of halogens is 3. The van der Waals surface area contributed by atoms with E-state index in [0.29, 0.717) is 15.6 Å². The Labute approximate surface area is 252 Å². The molecule has 1 aliphatic rings. The maximum atomic E-state index is 13.2. The summed E-state index contributed by atoms with van der Waals surface area (Å²) in [5.41, 5.74) is -0.0124. The standard InChI is InChI=1S/C27H19Cl3N4O8/c1-2-41-22-11-14(10-21(30)24(22)42-13-23(35)31-15-3-8-19(28)20(29)12-15)9-18-25(36)32-27(38)33(26(18)37)16-4-6-17(7-5-16)34(39)40/h3-12H,2,13H2,1H3,(H,31,35)(H,32,36,38)/b18-9-. The second-order valence-electron chi connectivity index (χ2n) is 8.46. The number of carbonyl (C=O) groups is 4. The van der Waals surface area contributed by atoms with Gasteiger partial charge in [0.1, 0.15) is 5.57 Å². The number of nitrogens with one attached hydrogen (secondary N) is 2. The third-order valence-corrected chi connectivity index (χ3v) is 6.63. The number of nitro groups is 1. The van der Waals surface area contributed by atoms with Crippen LogP contribution in [-0.4, -0.2) is 41.9 Å². The molecule has 12 nitrogen and oxygen atoms in total. The molecular formula is C27H19Cl3N4O8. The molecule has 4 rings (SSSR count). The second kappa shape index (κ2) is 12.9. The Morgan fingerprint density at radius 1 is 1.00 bits per heavy atom. The molecule has 0 spiro atoms. The molecule has 216 valence electrons. The van der Waals surface area contributed by atoms with Crippen molar-refractivity contribution in [1.29, 1.82) is 0 Å². The van der Waals surface area contributed by atoms with Gasteiger partial charge in [0.15, 0.2) is 18.1 Å². The predicted octanol–water partition coefficient (Wildman–Crippen LogP) is 5.64. The topological polar surface area (TPSA) is 157 Å². The van der Waals surface area contributed by atoms with Crippen molar-refractivity contribution >= 4 is 81.7 Å². The molecule has 15 heteroatoms. The lowest BCUT2D eigenvalue weighted by atomic mass is 10.1. The van der Waals surface area contributed by atoms with Crippen LogP contribution in [0, 0.1) is 10.1 Å². The van der Waals surface area contributed by atoms with E-state index in [0.717, 1.165) is 12.1 Å². The SMILES string of the molecule is CCOc1cc(/C=C2/C(=O)NC(=O)N(c3ccc([N+](=O)[O-])cc3)C2=O)cc(Cl)c1OCC(=O)Nc1ccc(Cl)c(Cl)c1. The van der Waals surface area contributed by atoms with Crippen molar-refractivity contribution in [1.82, 2.24) is 5.32 Å². The van der Waals surface area contributed by atoms with Crippen LogP contribution in [0.25, 0.3) is 6.08 Å². The summed E-state index contributed by atoms with van der Waals surface area (Å²) in [7, 11) is 0. The van der Waals surface area contributed by atoms with E-state index in [1.807, 2.05) is 0 Å². The molecule has 0 aromatic heterocycles. The third-order valence-electron chi connectivity index (χ3n) is 5.61. The highest BCUT2D eigenvalue weighted by atomic mass is 35.5. The van der Waals surface area contributed by atoms with E-state index in [2.05, 4.69) is 10.6 Å². The molecule has 42 heavy (non-hydrogen) atoms. The van der Waals surface area contributed by atoms with Crippen molar-refractivity contribution in [2.45, 2.75) is 6.92 Å². The number of benzene rings is 3. The number of barbiturate groups is 1. The largest absolute Gasteiger partial charge is 0.490 e. The molecule has 0 unspecified atom stereocenters. The number of rotatable bonds is 9. The van der Waals surface area contributed by atoms with Crippen LogP contribution >= 0.6 is 34.8 Å². The normalized spacial score (nSPS) is 14.0. The first-order chi connectivity index (χ1) is 20.0. The van der Waals surface area contributed by atoms with Gasteiger partial charge in [0.05, 0.1) is 32.3 Å². The van der Waals surface area contributed by atoms with E-state index >= 15 is 0 Å². The lowest BCUT2D eigenvalue weighted by Crippen LogP contribution is -2.54. The Bertz CT molecular complexity index is 1640. The molecule has 5 amide bonds. The number of nitrogens with zero attached hydrogens (tertiary/aromatic N) is 2. The number of imide groups is 2. The van der Waals surface area contributed by atoms with E-state index in [1.165, 1.54) is 42.5 Å². The molecule has 1 heterocycles. The van der Waals surface area contributed by atoms with Crippen LogP contribution in [-0.2, 0) is 14.4 Å². The quantitative estimate of drug-likeness (QED) is 0.133. The zero-order valence-corrected chi connectivity index (χ0v) is 23.7. The average Bonchev–Trinajstić information content (AvgIpc) is 2.93. The maximum absolute atomic E-state index is 13.2. The van der Waals surface area contributed by atoms with E-state index < -0.39 is 40.9 Å². The lowest BCUT2D eigenvalue weighted by Gasteiger charge is -2.26. The monoisotopic (exact) mass is 632 g/mol. The van der Waals surface area contributed by atoms with E-state index in [-0.39, 0.29) is 45.1 Å². The van der Waals surface area contributed by atoms with Gasteiger partial charge in [0.2, 0.25) is 0 Å². The third kappa shape index (κ3) is 6.79. The molecule has 3 aromatic carbocycles. The van der Waals surface area contributed by atoms with Crippen LogP contribution in [0.1, 0.15) is 12.5 Å². The Morgan fingerprint density at radius 2 is 1.71 bits per heavy atom. The van der Waals surface area contributed by atoms with E-state index in [9.17, 15) is 29.3 Å². The summed E-state index contributed by atoms with van der Waals surface area (Å²) in [4.78, 5) is 61.7. The number of nitro benzene ring substituents is 1. The molecular weight excluding hydrogens is 615 g/mol. The van der Waals surface area contributed by atoms with E-state index in [1.54, 1.807) is 13.0 Å². The molecule has 2 N–H and O–H groups in total. The summed E-state index contributed by atoms with van der Waals surface area (Å²) < 4.78 is 11.2. The lowest BCUT2D eigenvalue weighted by molar-refractivity contribution is -0.384. The average molecular weight is 634 g/mol. The first kappa shape index (κ1) is 30.3. The van der Waals surface area contributed by atoms with Crippen molar-refractivity contribution in [2.75, 3.05) is 23.4 Å². The van der Waals surface area contributed by atoms with Gasteiger partial charge in [-0.05, 0) is 61.0 Å². The molecule has 1 saturated heterocycles. The summed E-state index contributed by atoms with van der Waals surface area (Å²) in [6.07, 6.45) is 1.19. The van der Waals surface area contributed by atoms with Crippen molar-refractivity contribution in [3.8, 4) is 11.5 Å². The van der Waals surface area contributed by atoms with Gasteiger partial charge in [-0.2, -0.15) is 0 Å². The Balaban J connectivity index is 1.57. The minimum atomic E-state index is -1.02. The number of ether oxygens (including phenoxy) is 2. The minimum absolute atomic E-state index is 0.00195. The maximum Gasteiger partial charge on any atom is 0.335 e. The molecule has 0 radical (unpaired) electrons. The van der Waals surface area contributed by atoms with Gasteiger partial charge in [-0.15, -0.1) is 0 Å². The number of hydrogen-bond donors (Lipinski definition) is 2. The molecule has 0 bridgehead atoms. The van der Waals surface area contributed by atoms with E-state index in [4.69, 9.17) is 44.3 Å². The van der Waals surface area contributed by atoms with Gasteiger partial charge in [0, 0.05) is 17.8 Å². The summed E-state index contributed by atoms with van der Waals surface area (Å²) in [5.74, 6) is -2.31. The Morgan fingerprint density at radius 3 is 2.36 bits per heavy atom. The number of carbonyl (C=O) groups excluding carboxylic acids is 4. The summed E-state index contributed by atoms with van der Waals surface area (Å²) in [6, 6.07) is 11.0. The second-order valence-corrected chi connectivity index (χ2v) is 9.68. The smallest absolute Gasteiger partial charge is 0.335 e. The number of amides is 5. The van der Waals surface area contributed by atoms with Crippen molar-refractivity contribution < 1.29 is 33.6 Å². The van der Waals surface area contributed by atoms with Gasteiger partial charge >= 0.3 is 6.03 Å². The molecule has 0 saturated carbocycles. The van der Waals surface area contributed by atoms with Crippen molar-refractivity contribution in [3.05, 3.63) is 90.9 Å². The van der Waals surface area contributed by atoms with Crippen LogP contribution in [0.5, 0.6) is 11.5 Å². The minimum Gasteiger partial charge on any atom is -0.490 e. The van der Waals surface area contributed by atoms with Crippen LogP contribution in [0.4, 0.5) is 21.9 Å². The molecule has 1 fully saturated rings. The highest BCUT2D eigenvalue weighted by Crippen LogP contribution is 2.38. The predicted molar refractivity (Wildman–Crippen MR) is 155 cm³/mol. The fourth-order valence-corrected chi connectivity index (χ4v) is 4.34. The zero-order chi connectivity index (χ0) is 30.6. The Kier molecular flexibility index (Phi) is 9.31. The summed E-state index contributed by atoms with van der Waals surface area (Å²) in [6.45, 7) is 1.43. The fraction of sp³-hybridized carbons (Fsp3) is 0.111. The van der Waals surface area contributed by atoms with Gasteiger partial charge < -0.3 is 14.8 Å². The summed E-state index contributed by atoms with van der Waals surface area (Å²) >= 11 is 18.3. The zero-order valence-electron chi connectivity index (χ0n) is 21.5. The van der Waals surface area contributed by atoms with Crippen molar-refractivity contribution in [3.63, 3.8) is 0 Å². The summed E-state index contributed by atoms with van der Waals surface area (Å²) in [5, 5.41) is 16.2. The van der Waals surface area contributed by atoms with Crippen LogP contribution in [0.3, 0.4) is 0 Å². The molecule has 0 atom stereocenters. The van der Waals surface area contributed by atoms with Gasteiger partial charge in [-0.1, -0.05) is 34.8 Å². The van der Waals surface area contributed by atoms with Gasteiger partial charge in [0.25, 0.3) is 23.4 Å². The first-order valence-corrected chi connectivity index (χ1v) is 13.1.